The maximum Gasteiger partial charge on any atom is 0.343 e. The minimum Gasteiger partial charge on any atom is -0.508 e. The summed E-state index contributed by atoms with van der Waals surface area (Å²) in [6, 6.07) is 13.0. The van der Waals surface area contributed by atoms with Gasteiger partial charge < -0.3 is 14.9 Å². The highest BCUT2D eigenvalue weighted by Crippen LogP contribution is 2.28. The van der Waals surface area contributed by atoms with Crippen LogP contribution in [0.2, 0.25) is 0 Å². The second-order valence-electron chi connectivity index (χ2n) is 4.64. The van der Waals surface area contributed by atoms with Crippen molar-refractivity contribution in [2.75, 3.05) is 0 Å². The summed E-state index contributed by atoms with van der Waals surface area (Å²) in [7, 11) is 0. The molecule has 2 aromatic carbocycles. The summed E-state index contributed by atoms with van der Waals surface area (Å²) in [5.41, 5.74) is 1.95. The minimum absolute atomic E-state index is 0.156. The summed E-state index contributed by atoms with van der Waals surface area (Å²) in [5.74, 6) is 0.353. The number of benzene rings is 2. The number of carbonyl (C=O) groups is 1. The van der Waals surface area contributed by atoms with E-state index in [0.717, 1.165) is 11.1 Å². The van der Waals surface area contributed by atoms with Crippen LogP contribution in [0.4, 0.5) is 0 Å². The van der Waals surface area contributed by atoms with E-state index in [0.29, 0.717) is 11.3 Å². The smallest absolute Gasteiger partial charge is 0.343 e. The average molecular weight is 280 g/mol. The molecular weight excluding hydrogens is 268 g/mol. The van der Waals surface area contributed by atoms with E-state index < -0.39 is 5.97 Å². The maximum absolute atomic E-state index is 11.9. The second kappa shape index (κ2) is 5.17. The van der Waals surface area contributed by atoms with E-state index in [9.17, 15) is 15.0 Å². The number of rotatable bonds is 2. The van der Waals surface area contributed by atoms with Crippen LogP contribution in [-0.2, 0) is 9.53 Å². The maximum atomic E-state index is 11.9. The van der Waals surface area contributed by atoms with E-state index in [1.165, 1.54) is 12.1 Å². The summed E-state index contributed by atoms with van der Waals surface area (Å²) in [5, 5.41) is 18.5. The predicted octanol–water partition coefficient (Wildman–Crippen LogP) is 3.08. The highest BCUT2D eigenvalue weighted by atomic mass is 16.5. The van der Waals surface area contributed by atoms with Crippen LogP contribution in [0.3, 0.4) is 0 Å². The lowest BCUT2D eigenvalue weighted by molar-refractivity contribution is -0.130. The van der Waals surface area contributed by atoms with Crippen molar-refractivity contribution in [1.29, 1.82) is 0 Å². The van der Waals surface area contributed by atoms with Gasteiger partial charge in [0.15, 0.2) is 0 Å². The Kier molecular flexibility index (Phi) is 3.20. The van der Waals surface area contributed by atoms with Crippen molar-refractivity contribution in [2.24, 2.45) is 0 Å². The minimum atomic E-state index is -0.425. The molecule has 0 aliphatic carbocycles. The number of ether oxygens (including phenoxy) is 1. The van der Waals surface area contributed by atoms with Crippen LogP contribution in [0.1, 0.15) is 11.1 Å². The van der Waals surface area contributed by atoms with Crippen molar-refractivity contribution < 1.29 is 19.7 Å². The lowest BCUT2D eigenvalue weighted by Crippen LogP contribution is -1.97. The van der Waals surface area contributed by atoms with Crippen LogP contribution in [0.5, 0.6) is 11.5 Å². The Hall–Kier alpha value is -3.01. The largest absolute Gasteiger partial charge is 0.508 e. The molecule has 4 heteroatoms. The Morgan fingerprint density at radius 3 is 2.05 bits per heavy atom. The number of phenols is 2. The van der Waals surface area contributed by atoms with Crippen molar-refractivity contribution in [3.8, 4) is 11.5 Å². The quantitative estimate of drug-likeness (QED) is 0.655. The van der Waals surface area contributed by atoms with Gasteiger partial charge in [-0.15, -0.1) is 0 Å². The van der Waals surface area contributed by atoms with Gasteiger partial charge in [0.25, 0.3) is 0 Å². The highest BCUT2D eigenvalue weighted by Gasteiger charge is 2.21. The van der Waals surface area contributed by atoms with Crippen molar-refractivity contribution in [2.45, 2.75) is 0 Å². The molecule has 0 spiro atoms. The third-order valence-corrected chi connectivity index (χ3v) is 3.09. The lowest BCUT2D eigenvalue weighted by atomic mass is 10.1. The number of cyclic esters (lactones) is 1. The van der Waals surface area contributed by atoms with Crippen LogP contribution in [0, 0.1) is 0 Å². The van der Waals surface area contributed by atoms with Crippen LogP contribution in [0.25, 0.3) is 11.8 Å². The van der Waals surface area contributed by atoms with E-state index in [-0.39, 0.29) is 11.5 Å². The molecule has 4 nitrogen and oxygen atoms in total. The van der Waals surface area contributed by atoms with Crippen LogP contribution in [0.15, 0.2) is 60.2 Å². The van der Waals surface area contributed by atoms with Gasteiger partial charge in [0.1, 0.15) is 17.3 Å². The molecule has 0 radical (unpaired) electrons. The molecule has 0 unspecified atom stereocenters. The third kappa shape index (κ3) is 2.79. The molecule has 1 aliphatic heterocycles. The lowest BCUT2D eigenvalue weighted by Gasteiger charge is -2.01. The van der Waals surface area contributed by atoms with Crippen molar-refractivity contribution in [1.82, 2.24) is 0 Å². The summed E-state index contributed by atoms with van der Waals surface area (Å²) in [6.45, 7) is 0. The molecule has 2 aromatic rings. The van der Waals surface area contributed by atoms with E-state index in [2.05, 4.69) is 0 Å². The molecule has 0 aromatic heterocycles. The zero-order chi connectivity index (χ0) is 14.8. The van der Waals surface area contributed by atoms with Crippen LogP contribution >= 0.6 is 0 Å². The first kappa shape index (κ1) is 13.0. The Bertz CT molecular complexity index is 737. The summed E-state index contributed by atoms with van der Waals surface area (Å²) < 4.78 is 5.22. The molecule has 0 atom stereocenters. The molecule has 104 valence electrons. The Labute approximate surface area is 121 Å². The fourth-order valence-electron chi connectivity index (χ4n) is 2.01. The number of carbonyl (C=O) groups excluding carboxylic acids is 1. The molecule has 1 heterocycles. The number of esters is 1. The zero-order valence-electron chi connectivity index (χ0n) is 11.0. The highest BCUT2D eigenvalue weighted by molar-refractivity contribution is 6.05. The van der Waals surface area contributed by atoms with Crippen molar-refractivity contribution >= 4 is 17.8 Å². The van der Waals surface area contributed by atoms with E-state index >= 15 is 0 Å². The number of hydrogen-bond donors (Lipinski definition) is 2. The molecule has 2 N–H and O–H groups in total. The van der Waals surface area contributed by atoms with Crippen LogP contribution < -0.4 is 0 Å². The van der Waals surface area contributed by atoms with Gasteiger partial charge >= 0.3 is 5.97 Å². The van der Waals surface area contributed by atoms with Gasteiger partial charge in [-0.1, -0.05) is 12.1 Å². The average Bonchev–Trinajstić information content (AvgIpc) is 2.83. The SMILES string of the molecule is O=C1OC(c2ccc(O)cc2)=C/C1=C\c1ccc(O)cc1. The molecule has 0 saturated heterocycles. The van der Waals surface area contributed by atoms with Gasteiger partial charge in [0, 0.05) is 5.56 Å². The topological polar surface area (TPSA) is 66.8 Å². The van der Waals surface area contributed by atoms with Gasteiger partial charge in [-0.05, 0) is 54.1 Å². The molecular formula is C17H12O4. The molecule has 1 aliphatic rings. The predicted molar refractivity (Wildman–Crippen MR) is 78.3 cm³/mol. The van der Waals surface area contributed by atoms with Crippen molar-refractivity contribution in [3.05, 3.63) is 71.3 Å². The van der Waals surface area contributed by atoms with Crippen LogP contribution in [-0.4, -0.2) is 16.2 Å². The van der Waals surface area contributed by atoms with E-state index in [1.54, 1.807) is 48.6 Å². The molecule has 0 saturated carbocycles. The third-order valence-electron chi connectivity index (χ3n) is 3.09. The number of hydrogen-bond acceptors (Lipinski definition) is 4. The Balaban J connectivity index is 1.91. The van der Waals surface area contributed by atoms with Gasteiger partial charge in [-0.25, -0.2) is 4.79 Å². The van der Waals surface area contributed by atoms with Gasteiger partial charge in [0.2, 0.25) is 0 Å². The fraction of sp³-hybridized carbons (Fsp3) is 0. The van der Waals surface area contributed by atoms with Gasteiger partial charge in [-0.2, -0.15) is 0 Å². The summed E-state index contributed by atoms with van der Waals surface area (Å²) in [4.78, 5) is 11.9. The summed E-state index contributed by atoms with van der Waals surface area (Å²) >= 11 is 0. The van der Waals surface area contributed by atoms with Crippen molar-refractivity contribution in [3.63, 3.8) is 0 Å². The number of phenolic OH excluding ortho intramolecular Hbond substituents is 2. The normalized spacial score (nSPS) is 15.9. The summed E-state index contributed by atoms with van der Waals surface area (Å²) in [6.07, 6.45) is 3.34. The molecule has 21 heavy (non-hydrogen) atoms. The fourth-order valence-corrected chi connectivity index (χ4v) is 2.01. The molecule has 3 rings (SSSR count). The Morgan fingerprint density at radius 2 is 1.43 bits per heavy atom. The monoisotopic (exact) mass is 280 g/mol. The molecule has 0 amide bonds. The first-order valence-electron chi connectivity index (χ1n) is 6.36. The number of aromatic hydroxyl groups is 2. The zero-order valence-corrected chi connectivity index (χ0v) is 11.0. The molecule has 0 bridgehead atoms. The van der Waals surface area contributed by atoms with Gasteiger partial charge in [0.05, 0.1) is 5.57 Å². The standard InChI is InChI=1S/C17H12O4/c18-14-5-1-11(2-6-14)9-13-10-16(21-17(13)20)12-3-7-15(19)8-4-12/h1-10,18-19H/b13-9+. The van der Waals surface area contributed by atoms with E-state index in [4.69, 9.17) is 4.74 Å². The van der Waals surface area contributed by atoms with Gasteiger partial charge in [-0.3, -0.25) is 0 Å². The first-order valence-corrected chi connectivity index (χ1v) is 6.36. The molecule has 0 fully saturated rings. The Morgan fingerprint density at radius 1 is 0.857 bits per heavy atom. The van der Waals surface area contributed by atoms with E-state index in [1.807, 2.05) is 0 Å². The first-order chi connectivity index (χ1) is 10.1. The second-order valence-corrected chi connectivity index (χ2v) is 4.64.